The number of sulfonamides is 1. The van der Waals surface area contributed by atoms with Crippen LogP contribution in [-0.4, -0.2) is 85.6 Å². The monoisotopic (exact) mass is 684 g/mol. The van der Waals surface area contributed by atoms with Crippen molar-refractivity contribution >= 4 is 84.5 Å². The number of thioether (sulfide) groups is 1. The molecule has 3 N–H and O–H groups in total. The zero-order valence-corrected chi connectivity index (χ0v) is 26.3. The summed E-state index contributed by atoms with van der Waals surface area (Å²) in [5, 5.41) is 11.9. The van der Waals surface area contributed by atoms with Gasteiger partial charge in [0.25, 0.3) is 5.91 Å². The van der Waals surface area contributed by atoms with Gasteiger partial charge in [-0.05, 0) is 73.8 Å². The first-order valence-electron chi connectivity index (χ1n) is 13.4. The minimum atomic E-state index is -5.08. The average Bonchev–Trinajstić information content (AvgIpc) is 3.32. The molecule has 0 saturated carbocycles. The third-order valence-electron chi connectivity index (χ3n) is 6.61. The van der Waals surface area contributed by atoms with Gasteiger partial charge in [-0.3, -0.25) is 14.5 Å². The maximum Gasteiger partial charge on any atom is 0.490 e. The number of piperazine rings is 1. The fourth-order valence-corrected chi connectivity index (χ4v) is 5.85. The summed E-state index contributed by atoms with van der Waals surface area (Å²) in [6.45, 7) is 5.45. The van der Waals surface area contributed by atoms with Gasteiger partial charge in [0.15, 0.2) is 5.17 Å². The zero-order chi connectivity index (χ0) is 32.9. The number of aliphatic imine (C=N–C) groups is 1. The molecular formula is C28H28ClF3N6O5S2. The highest BCUT2D eigenvalue weighted by Crippen LogP contribution is 2.34. The van der Waals surface area contributed by atoms with Crippen molar-refractivity contribution in [2.45, 2.75) is 13.1 Å². The Hall–Kier alpha value is -3.86. The van der Waals surface area contributed by atoms with Crippen LogP contribution in [0.3, 0.4) is 0 Å². The molecule has 11 nitrogen and oxygen atoms in total. The maximum absolute atomic E-state index is 12.7. The molecule has 1 aromatic heterocycles. The van der Waals surface area contributed by atoms with E-state index >= 15 is 0 Å². The van der Waals surface area contributed by atoms with Gasteiger partial charge in [-0.25, -0.2) is 13.2 Å². The molecule has 2 aliphatic rings. The van der Waals surface area contributed by atoms with Gasteiger partial charge in [-0.2, -0.15) is 18.2 Å². The van der Waals surface area contributed by atoms with E-state index in [1.54, 1.807) is 25.1 Å². The second-order valence-corrected chi connectivity index (χ2v) is 13.3. The van der Waals surface area contributed by atoms with Crippen molar-refractivity contribution in [3.8, 4) is 0 Å². The number of rotatable bonds is 6. The van der Waals surface area contributed by atoms with Crippen molar-refractivity contribution in [1.29, 1.82) is 0 Å². The van der Waals surface area contributed by atoms with E-state index in [0.717, 1.165) is 48.3 Å². The maximum atomic E-state index is 12.7. The van der Waals surface area contributed by atoms with Crippen LogP contribution in [0.1, 0.15) is 12.5 Å². The van der Waals surface area contributed by atoms with Crippen molar-refractivity contribution < 1.29 is 36.3 Å². The van der Waals surface area contributed by atoms with Gasteiger partial charge in [0.05, 0.1) is 32.6 Å². The predicted molar refractivity (Wildman–Crippen MR) is 171 cm³/mol. The number of pyridine rings is 1. The van der Waals surface area contributed by atoms with Gasteiger partial charge < -0.3 is 20.2 Å². The van der Waals surface area contributed by atoms with Gasteiger partial charge in [0.1, 0.15) is 0 Å². The Morgan fingerprint density at radius 2 is 1.82 bits per heavy atom. The number of hydrogen-bond donors (Lipinski definition) is 3. The number of likely N-dealkylation sites (N-methyl/N-ethyl adjacent to an activating group) is 1. The number of halogens is 4. The van der Waals surface area contributed by atoms with Crippen LogP contribution < -0.4 is 14.9 Å². The highest BCUT2D eigenvalue weighted by atomic mass is 35.5. The number of aromatic nitrogens is 1. The average molecular weight is 685 g/mol. The molecule has 1 saturated heterocycles. The predicted octanol–water partition coefficient (Wildman–Crippen LogP) is 5.12. The van der Waals surface area contributed by atoms with Gasteiger partial charge in [-0.15, -0.1) is 0 Å². The van der Waals surface area contributed by atoms with Crippen molar-refractivity contribution in [2.75, 3.05) is 53.9 Å². The Bertz CT molecular complexity index is 1780. The van der Waals surface area contributed by atoms with E-state index in [-0.39, 0.29) is 11.7 Å². The number of benzene rings is 2. The smallest absolute Gasteiger partial charge is 0.475 e. The van der Waals surface area contributed by atoms with Crippen LogP contribution in [0.5, 0.6) is 0 Å². The number of amides is 1. The number of alkyl halides is 3. The summed E-state index contributed by atoms with van der Waals surface area (Å²) in [7, 11) is -1.31. The van der Waals surface area contributed by atoms with Crippen molar-refractivity contribution in [3.05, 3.63) is 64.2 Å². The molecule has 5 rings (SSSR count). The first kappa shape index (κ1) is 34.0. The molecule has 0 spiro atoms. The SMILES string of the molecule is CCS(=O)(=O)Nc1ccc(Cl)c(NC2=NC(=O)/C(=C\c3ccc4nccc(N5CCN(C)CC5)c4c3)S2)c1.O=C(O)C(F)(F)F. The molecule has 1 fully saturated rings. The summed E-state index contributed by atoms with van der Waals surface area (Å²) >= 11 is 7.51. The standard InChI is InChI=1S/C26H27ClN6O3S2.C2HF3O2/c1-3-38(35,36)31-18-5-6-20(27)22(16-18)29-26-30-25(34)24(37-26)15-17-4-7-21-19(14-17)23(8-9-28-21)33-12-10-32(2)11-13-33;3-2(4,5)1(6)7/h4-9,14-16,31H,3,10-13H2,1-2H3,(H,29,30,34);(H,6,7)/b24-15+;. The van der Waals surface area contributed by atoms with Crippen LogP contribution in [0.25, 0.3) is 17.0 Å². The van der Waals surface area contributed by atoms with Crippen LogP contribution in [-0.2, 0) is 19.6 Å². The van der Waals surface area contributed by atoms with Gasteiger partial charge in [-0.1, -0.05) is 17.7 Å². The highest BCUT2D eigenvalue weighted by molar-refractivity contribution is 8.18. The first-order chi connectivity index (χ1) is 21.1. The molecule has 0 atom stereocenters. The van der Waals surface area contributed by atoms with E-state index in [4.69, 9.17) is 21.5 Å². The molecule has 0 radical (unpaired) electrons. The Labute approximate surface area is 266 Å². The fourth-order valence-electron chi connectivity index (χ4n) is 4.23. The summed E-state index contributed by atoms with van der Waals surface area (Å²) in [6, 6.07) is 12.7. The van der Waals surface area contributed by atoms with E-state index < -0.39 is 22.2 Å². The van der Waals surface area contributed by atoms with Gasteiger partial charge in [0.2, 0.25) is 10.0 Å². The number of anilines is 3. The molecule has 3 aromatic rings. The van der Waals surface area contributed by atoms with Crippen LogP contribution >= 0.6 is 23.4 Å². The lowest BCUT2D eigenvalue weighted by Gasteiger charge is -2.34. The molecular weight excluding hydrogens is 657 g/mol. The lowest BCUT2D eigenvalue weighted by molar-refractivity contribution is -0.192. The number of amidine groups is 1. The molecule has 0 unspecified atom stereocenters. The molecule has 45 heavy (non-hydrogen) atoms. The third-order valence-corrected chi connectivity index (χ3v) is 9.14. The molecule has 3 heterocycles. The first-order valence-corrected chi connectivity index (χ1v) is 16.2. The Morgan fingerprint density at radius 1 is 1.13 bits per heavy atom. The summed E-state index contributed by atoms with van der Waals surface area (Å²) in [4.78, 5) is 35.4. The topological polar surface area (TPSA) is 144 Å². The van der Waals surface area contributed by atoms with Crippen LogP contribution in [0, 0.1) is 0 Å². The van der Waals surface area contributed by atoms with Gasteiger partial charge in [0, 0.05) is 43.4 Å². The summed E-state index contributed by atoms with van der Waals surface area (Å²) < 4.78 is 58.1. The summed E-state index contributed by atoms with van der Waals surface area (Å²) in [5.41, 5.74) is 3.73. The van der Waals surface area contributed by atoms with E-state index in [1.807, 2.05) is 30.5 Å². The molecule has 240 valence electrons. The second kappa shape index (κ2) is 14.1. The largest absolute Gasteiger partial charge is 0.490 e. The molecule has 0 bridgehead atoms. The van der Waals surface area contributed by atoms with Crippen LogP contribution in [0.2, 0.25) is 5.02 Å². The Morgan fingerprint density at radius 3 is 2.47 bits per heavy atom. The third kappa shape index (κ3) is 9.09. The van der Waals surface area contributed by atoms with E-state index in [1.165, 1.54) is 11.8 Å². The van der Waals surface area contributed by atoms with E-state index in [9.17, 15) is 26.4 Å². The summed E-state index contributed by atoms with van der Waals surface area (Å²) in [5.74, 6) is -3.17. The molecule has 17 heteroatoms. The molecule has 2 aliphatic heterocycles. The number of carboxylic acids is 1. The van der Waals surface area contributed by atoms with Crippen LogP contribution in [0.4, 0.5) is 30.2 Å². The lowest BCUT2D eigenvalue weighted by Crippen LogP contribution is -2.44. The van der Waals surface area contributed by atoms with Crippen molar-refractivity contribution in [2.24, 2.45) is 4.99 Å². The van der Waals surface area contributed by atoms with E-state index in [2.05, 4.69) is 42.9 Å². The molecule has 2 aromatic carbocycles. The number of fused-ring (bicyclic) bond motifs is 1. The Kier molecular flexibility index (Phi) is 10.6. The number of carboxylic acid groups (broad SMARTS) is 1. The van der Waals surface area contributed by atoms with E-state index in [0.29, 0.717) is 26.5 Å². The Balaban J connectivity index is 0.000000591. The minimum absolute atomic E-state index is 0.0503. The normalized spacial score (nSPS) is 16.8. The number of carbonyl (C=O) groups is 2. The number of nitrogens with one attached hydrogen (secondary N) is 2. The number of nitrogens with zero attached hydrogens (tertiary/aromatic N) is 4. The van der Waals surface area contributed by atoms with Gasteiger partial charge >= 0.3 is 12.1 Å². The number of aliphatic carboxylic acids is 1. The molecule has 1 amide bonds. The van der Waals surface area contributed by atoms with Crippen molar-refractivity contribution in [3.63, 3.8) is 0 Å². The quantitative estimate of drug-likeness (QED) is 0.300. The highest BCUT2D eigenvalue weighted by Gasteiger charge is 2.38. The van der Waals surface area contributed by atoms with Crippen LogP contribution in [0.15, 0.2) is 58.6 Å². The lowest BCUT2D eigenvalue weighted by atomic mass is 10.1. The number of hydrogen-bond acceptors (Lipinski definition) is 9. The minimum Gasteiger partial charge on any atom is -0.475 e. The fraction of sp³-hybridized carbons (Fsp3) is 0.286. The zero-order valence-electron chi connectivity index (χ0n) is 23.9. The number of carbonyl (C=O) groups excluding carboxylic acids is 1. The molecule has 0 aliphatic carbocycles. The van der Waals surface area contributed by atoms with Crippen molar-refractivity contribution in [1.82, 2.24) is 9.88 Å². The second-order valence-electron chi connectivity index (χ2n) is 9.86. The summed E-state index contributed by atoms with van der Waals surface area (Å²) in [6.07, 6.45) is -1.43.